The maximum absolute atomic E-state index is 12.9. The molecule has 4 aromatic heterocycles. The minimum Gasteiger partial charge on any atom is -0.478 e. The Kier molecular flexibility index (Phi) is 3.23. The zero-order valence-electron chi connectivity index (χ0n) is 13.7. The number of hydrogen-bond donors (Lipinski definition) is 1. The normalized spacial score (nSPS) is 13.5. The van der Waals surface area contributed by atoms with E-state index in [2.05, 4.69) is 9.97 Å². The predicted octanol–water partition coefficient (Wildman–Crippen LogP) is 2.34. The van der Waals surface area contributed by atoms with Crippen molar-refractivity contribution in [2.45, 2.75) is 25.8 Å². The maximum Gasteiger partial charge on any atom is 0.337 e. The average molecular weight is 366 g/mol. The monoisotopic (exact) mass is 366 g/mol. The van der Waals surface area contributed by atoms with Crippen molar-refractivity contribution >= 4 is 33.2 Å². The highest BCUT2D eigenvalue weighted by molar-refractivity contribution is 7.18. The minimum atomic E-state index is -0.987. The molecule has 0 amide bonds. The van der Waals surface area contributed by atoms with Gasteiger partial charge >= 0.3 is 5.97 Å². The van der Waals surface area contributed by atoms with Crippen molar-refractivity contribution in [1.82, 2.24) is 18.9 Å². The summed E-state index contributed by atoms with van der Waals surface area (Å²) in [5, 5.41) is 9.85. The lowest BCUT2D eigenvalue weighted by molar-refractivity contribution is 0.0696. The van der Waals surface area contributed by atoms with Crippen LogP contribution in [0.15, 0.2) is 35.6 Å². The predicted molar refractivity (Wildman–Crippen MR) is 97.2 cm³/mol. The maximum atomic E-state index is 12.9. The molecule has 1 aliphatic rings. The van der Waals surface area contributed by atoms with Crippen molar-refractivity contribution in [3.05, 3.63) is 62.9 Å². The van der Waals surface area contributed by atoms with Crippen molar-refractivity contribution in [2.75, 3.05) is 0 Å². The van der Waals surface area contributed by atoms with E-state index in [1.165, 1.54) is 17.1 Å². The molecule has 0 saturated carbocycles. The number of carboxylic acid groups (broad SMARTS) is 1. The summed E-state index contributed by atoms with van der Waals surface area (Å²) < 4.78 is 3.24. The lowest BCUT2D eigenvalue weighted by atomic mass is 10.2. The van der Waals surface area contributed by atoms with Crippen molar-refractivity contribution in [3.8, 4) is 0 Å². The topological polar surface area (TPSA) is 89.5 Å². The van der Waals surface area contributed by atoms with Gasteiger partial charge in [0.1, 0.15) is 10.5 Å². The third-order valence-corrected chi connectivity index (χ3v) is 5.97. The molecule has 7 nitrogen and oxygen atoms in total. The van der Waals surface area contributed by atoms with E-state index in [-0.39, 0.29) is 11.1 Å². The van der Waals surface area contributed by atoms with Crippen LogP contribution >= 0.6 is 11.3 Å². The fourth-order valence-electron chi connectivity index (χ4n) is 3.55. The molecule has 5 rings (SSSR count). The van der Waals surface area contributed by atoms with E-state index < -0.39 is 5.97 Å². The van der Waals surface area contributed by atoms with E-state index in [1.54, 1.807) is 38.9 Å². The van der Waals surface area contributed by atoms with Crippen LogP contribution in [0, 0.1) is 0 Å². The van der Waals surface area contributed by atoms with E-state index >= 15 is 0 Å². The molecule has 1 N–H and O–H groups in total. The van der Waals surface area contributed by atoms with E-state index in [9.17, 15) is 9.59 Å². The number of carbonyl (C=O) groups is 1. The van der Waals surface area contributed by atoms with E-state index in [0.29, 0.717) is 17.9 Å². The van der Waals surface area contributed by atoms with Gasteiger partial charge in [0.2, 0.25) is 0 Å². The van der Waals surface area contributed by atoms with Gasteiger partial charge in [-0.1, -0.05) is 0 Å². The number of fused-ring (bicyclic) bond motifs is 4. The number of hydrogen-bond acceptors (Lipinski definition) is 5. The van der Waals surface area contributed by atoms with Crippen LogP contribution in [0.25, 0.3) is 15.9 Å². The molecular weight excluding hydrogens is 352 g/mol. The lowest BCUT2D eigenvalue weighted by Gasteiger charge is -2.03. The van der Waals surface area contributed by atoms with Crippen LogP contribution < -0.4 is 5.56 Å². The Hall–Kier alpha value is -3.00. The lowest BCUT2D eigenvalue weighted by Crippen LogP contribution is -2.21. The fourth-order valence-corrected chi connectivity index (χ4v) is 4.77. The average Bonchev–Trinajstić information content (AvgIpc) is 3.29. The molecule has 4 heterocycles. The summed E-state index contributed by atoms with van der Waals surface area (Å²) in [7, 11) is 0. The molecule has 0 fully saturated rings. The number of aromatic nitrogens is 4. The quantitative estimate of drug-likeness (QED) is 0.601. The summed E-state index contributed by atoms with van der Waals surface area (Å²) in [5.41, 5.74) is 2.65. The molecule has 26 heavy (non-hydrogen) atoms. The van der Waals surface area contributed by atoms with Crippen LogP contribution in [0.5, 0.6) is 0 Å². The molecule has 0 aliphatic heterocycles. The second kappa shape index (κ2) is 5.50. The number of imidazole rings is 1. The van der Waals surface area contributed by atoms with Crippen LogP contribution in [0.1, 0.15) is 32.9 Å². The van der Waals surface area contributed by atoms with Gasteiger partial charge in [-0.25, -0.2) is 14.8 Å². The van der Waals surface area contributed by atoms with Gasteiger partial charge in [0.15, 0.2) is 0 Å². The summed E-state index contributed by atoms with van der Waals surface area (Å²) in [4.78, 5) is 35.1. The third-order valence-electron chi connectivity index (χ3n) is 4.77. The van der Waals surface area contributed by atoms with Crippen LogP contribution in [0.3, 0.4) is 0 Å². The minimum absolute atomic E-state index is 0.0299. The number of pyridine rings is 1. The van der Waals surface area contributed by atoms with Crippen molar-refractivity contribution < 1.29 is 9.90 Å². The van der Waals surface area contributed by atoms with Crippen LogP contribution in [0.2, 0.25) is 0 Å². The van der Waals surface area contributed by atoms with Gasteiger partial charge in [-0.2, -0.15) is 0 Å². The molecule has 0 radical (unpaired) electrons. The van der Waals surface area contributed by atoms with Crippen molar-refractivity contribution in [1.29, 1.82) is 0 Å². The molecule has 0 atom stereocenters. The van der Waals surface area contributed by atoms with Crippen LogP contribution in [0.4, 0.5) is 0 Å². The summed E-state index contributed by atoms with van der Waals surface area (Å²) in [6.45, 7) is 0.302. The smallest absolute Gasteiger partial charge is 0.337 e. The number of rotatable bonds is 3. The van der Waals surface area contributed by atoms with Gasteiger partial charge in [-0.05, 0) is 37.0 Å². The van der Waals surface area contributed by atoms with Gasteiger partial charge < -0.3 is 9.51 Å². The van der Waals surface area contributed by atoms with Gasteiger partial charge in [-0.3, -0.25) is 9.36 Å². The van der Waals surface area contributed by atoms with Gasteiger partial charge in [0.05, 0.1) is 29.5 Å². The highest BCUT2D eigenvalue weighted by Gasteiger charge is 2.21. The number of aryl methyl sites for hydroxylation is 2. The van der Waals surface area contributed by atoms with Crippen LogP contribution in [-0.2, 0) is 19.4 Å². The highest BCUT2D eigenvalue weighted by Crippen LogP contribution is 2.34. The fraction of sp³-hybridized carbons (Fsp3) is 0.222. The molecule has 1 aliphatic carbocycles. The first-order valence-electron chi connectivity index (χ1n) is 8.31. The van der Waals surface area contributed by atoms with E-state index in [1.807, 2.05) is 0 Å². The number of aromatic carboxylic acids is 1. The van der Waals surface area contributed by atoms with E-state index in [4.69, 9.17) is 5.11 Å². The SMILES string of the molecule is O=C(O)c1ccc2nc(Cn3cnc4sc5c(c4c3=O)CCC5)cn2c1. The summed E-state index contributed by atoms with van der Waals surface area (Å²) in [5.74, 6) is -0.987. The Morgan fingerprint density at radius 3 is 3.00 bits per heavy atom. The Morgan fingerprint density at radius 1 is 1.27 bits per heavy atom. The first-order chi connectivity index (χ1) is 12.6. The van der Waals surface area contributed by atoms with Gasteiger partial charge in [-0.15, -0.1) is 11.3 Å². The molecule has 0 aromatic carbocycles. The molecule has 130 valence electrons. The van der Waals surface area contributed by atoms with Gasteiger partial charge in [0.25, 0.3) is 5.56 Å². The molecule has 0 unspecified atom stereocenters. The number of carboxylic acids is 1. The third kappa shape index (κ3) is 2.26. The molecule has 8 heteroatoms. The first-order valence-corrected chi connectivity index (χ1v) is 9.12. The standard InChI is InChI=1S/C18H14N4O3S/c23-17-15-12-2-1-3-13(12)26-16(15)19-9-22(17)8-11-7-21-6-10(18(24)25)4-5-14(21)20-11/h4-7,9H,1-3,8H2,(H,24,25). The second-order valence-electron chi connectivity index (χ2n) is 6.44. The van der Waals surface area contributed by atoms with Gasteiger partial charge in [0, 0.05) is 17.3 Å². The molecule has 0 bridgehead atoms. The van der Waals surface area contributed by atoms with E-state index in [0.717, 1.165) is 35.0 Å². The number of thiophene rings is 1. The molecule has 0 saturated heterocycles. The Balaban J connectivity index is 1.57. The molecule has 0 spiro atoms. The first kappa shape index (κ1) is 15.3. The van der Waals surface area contributed by atoms with Crippen molar-refractivity contribution in [2.24, 2.45) is 0 Å². The zero-order valence-corrected chi connectivity index (χ0v) is 14.5. The Morgan fingerprint density at radius 2 is 2.15 bits per heavy atom. The molecule has 4 aromatic rings. The van der Waals surface area contributed by atoms with Crippen molar-refractivity contribution in [3.63, 3.8) is 0 Å². The summed E-state index contributed by atoms with van der Waals surface area (Å²) in [6.07, 6.45) is 7.92. The second-order valence-corrected chi connectivity index (χ2v) is 7.52. The highest BCUT2D eigenvalue weighted by atomic mass is 32.1. The summed E-state index contributed by atoms with van der Waals surface area (Å²) >= 11 is 1.62. The summed E-state index contributed by atoms with van der Waals surface area (Å²) in [6, 6.07) is 3.17. The zero-order chi connectivity index (χ0) is 17.8. The molecular formula is C18H14N4O3S. The largest absolute Gasteiger partial charge is 0.478 e. The van der Waals surface area contributed by atoms with Crippen LogP contribution in [-0.4, -0.2) is 30.0 Å². The Bertz CT molecular complexity index is 1250. The Labute approximate surface area is 151 Å². The number of nitrogens with zero attached hydrogens (tertiary/aromatic N) is 4.